The van der Waals surface area contributed by atoms with Crippen LogP contribution in [0.4, 0.5) is 0 Å². The van der Waals surface area contributed by atoms with E-state index in [-0.39, 0.29) is 0 Å². The third kappa shape index (κ3) is 4.45. The van der Waals surface area contributed by atoms with Crippen LogP contribution in [0.1, 0.15) is 32.4 Å². The molecular weight excluding hydrogens is 218 g/mol. The van der Waals surface area contributed by atoms with Crippen molar-refractivity contribution in [3.8, 4) is 5.75 Å². The molecule has 0 spiro atoms. The maximum atomic E-state index is 9.21. The smallest absolute Gasteiger partial charge is 0.115 e. The highest BCUT2D eigenvalue weighted by atomic mass is 32.2. The van der Waals surface area contributed by atoms with Gasteiger partial charge in [-0.3, -0.25) is 0 Å². The van der Waals surface area contributed by atoms with Gasteiger partial charge in [0.2, 0.25) is 0 Å². The molecule has 0 heterocycles. The van der Waals surface area contributed by atoms with Gasteiger partial charge in [-0.2, -0.15) is 11.8 Å². The van der Waals surface area contributed by atoms with Gasteiger partial charge in [0, 0.05) is 17.8 Å². The Morgan fingerprint density at radius 2 is 1.88 bits per heavy atom. The molecule has 0 aliphatic rings. The normalized spacial score (nSPS) is 14.7. The summed E-state index contributed by atoms with van der Waals surface area (Å²) in [5.74, 6) is 2.63. The second kappa shape index (κ2) is 6.81. The van der Waals surface area contributed by atoms with E-state index in [0.29, 0.717) is 17.8 Å². The van der Waals surface area contributed by atoms with Crippen LogP contribution in [-0.4, -0.2) is 22.7 Å². The van der Waals surface area contributed by atoms with Gasteiger partial charge in [-0.1, -0.05) is 19.1 Å². The average molecular weight is 239 g/mol. The summed E-state index contributed by atoms with van der Waals surface area (Å²) in [6.07, 6.45) is 0. The maximum Gasteiger partial charge on any atom is 0.115 e. The van der Waals surface area contributed by atoms with Crippen LogP contribution in [0.5, 0.6) is 5.75 Å². The highest BCUT2D eigenvalue weighted by molar-refractivity contribution is 7.99. The number of phenols is 1. The molecule has 16 heavy (non-hydrogen) atoms. The predicted molar refractivity (Wildman–Crippen MR) is 72.1 cm³/mol. The molecule has 0 fully saturated rings. The fourth-order valence-corrected chi connectivity index (χ4v) is 2.31. The molecule has 0 bridgehead atoms. The van der Waals surface area contributed by atoms with Crippen molar-refractivity contribution in [2.75, 3.05) is 11.5 Å². The Morgan fingerprint density at radius 3 is 2.44 bits per heavy atom. The highest BCUT2D eigenvalue weighted by Gasteiger charge is 2.08. The van der Waals surface area contributed by atoms with Crippen LogP contribution >= 0.6 is 11.8 Å². The Hall–Kier alpha value is -0.670. The number of aromatic hydroxyl groups is 1. The minimum absolute atomic E-state index is 0.325. The molecule has 0 radical (unpaired) electrons. The Balaban J connectivity index is 2.45. The van der Waals surface area contributed by atoms with Gasteiger partial charge < -0.3 is 10.4 Å². The van der Waals surface area contributed by atoms with Crippen molar-refractivity contribution in [3.05, 3.63) is 29.8 Å². The molecule has 90 valence electrons. The summed E-state index contributed by atoms with van der Waals surface area (Å²) in [5.41, 5.74) is 1.21. The van der Waals surface area contributed by atoms with Gasteiger partial charge in [-0.05, 0) is 37.3 Å². The van der Waals surface area contributed by atoms with E-state index in [0.717, 1.165) is 5.75 Å². The van der Waals surface area contributed by atoms with E-state index in [1.54, 1.807) is 12.1 Å². The minimum Gasteiger partial charge on any atom is -0.508 e. The molecule has 2 N–H and O–H groups in total. The summed E-state index contributed by atoms with van der Waals surface area (Å²) in [7, 11) is 0. The lowest BCUT2D eigenvalue weighted by Gasteiger charge is -2.20. The second-order valence-corrected chi connectivity index (χ2v) is 5.36. The van der Waals surface area contributed by atoms with E-state index in [4.69, 9.17) is 0 Å². The monoisotopic (exact) mass is 239 g/mol. The molecule has 1 rings (SSSR count). The van der Waals surface area contributed by atoms with Crippen molar-refractivity contribution in [1.29, 1.82) is 0 Å². The zero-order chi connectivity index (χ0) is 12.0. The Bertz CT molecular complexity index is 299. The lowest BCUT2D eigenvalue weighted by molar-refractivity contribution is 0.473. The third-order valence-corrected chi connectivity index (χ3v) is 3.64. The van der Waals surface area contributed by atoms with Crippen LogP contribution in [0.25, 0.3) is 0 Å². The quantitative estimate of drug-likeness (QED) is 0.799. The van der Waals surface area contributed by atoms with E-state index in [1.807, 2.05) is 23.9 Å². The minimum atomic E-state index is 0.325. The molecule has 0 saturated carbocycles. The van der Waals surface area contributed by atoms with Crippen LogP contribution < -0.4 is 5.32 Å². The SMILES string of the molecule is CCSCC(C)NC(C)c1ccc(O)cc1. The maximum absolute atomic E-state index is 9.21. The van der Waals surface area contributed by atoms with Gasteiger partial charge in [0.1, 0.15) is 5.75 Å². The Kier molecular flexibility index (Phi) is 5.71. The Labute approximate surface area is 102 Å². The van der Waals surface area contributed by atoms with Gasteiger partial charge in [0.05, 0.1) is 0 Å². The summed E-state index contributed by atoms with van der Waals surface area (Å²) in [5, 5.41) is 12.8. The van der Waals surface area contributed by atoms with E-state index in [2.05, 4.69) is 26.1 Å². The van der Waals surface area contributed by atoms with Crippen LogP contribution in [0.3, 0.4) is 0 Å². The van der Waals surface area contributed by atoms with E-state index in [9.17, 15) is 5.11 Å². The molecule has 2 nitrogen and oxygen atoms in total. The molecule has 0 aliphatic heterocycles. The number of thioether (sulfide) groups is 1. The first-order valence-corrected chi connectivity index (χ1v) is 6.91. The van der Waals surface area contributed by atoms with E-state index in [1.165, 1.54) is 11.3 Å². The molecule has 2 unspecified atom stereocenters. The molecule has 2 atom stereocenters. The van der Waals surface area contributed by atoms with Crippen LogP contribution in [0.15, 0.2) is 24.3 Å². The largest absolute Gasteiger partial charge is 0.508 e. The van der Waals surface area contributed by atoms with Crippen molar-refractivity contribution in [2.45, 2.75) is 32.9 Å². The number of hydrogen-bond acceptors (Lipinski definition) is 3. The molecular formula is C13H21NOS. The zero-order valence-corrected chi connectivity index (χ0v) is 11.1. The number of phenolic OH excluding ortho intramolecular Hbond substituents is 1. The first-order valence-electron chi connectivity index (χ1n) is 5.76. The van der Waals surface area contributed by atoms with E-state index >= 15 is 0 Å². The fourth-order valence-electron chi connectivity index (χ4n) is 1.63. The van der Waals surface area contributed by atoms with Crippen molar-refractivity contribution in [1.82, 2.24) is 5.32 Å². The Morgan fingerprint density at radius 1 is 1.25 bits per heavy atom. The van der Waals surface area contributed by atoms with Gasteiger partial charge in [-0.15, -0.1) is 0 Å². The second-order valence-electron chi connectivity index (χ2n) is 4.04. The molecule has 0 aromatic heterocycles. The van der Waals surface area contributed by atoms with Crippen molar-refractivity contribution >= 4 is 11.8 Å². The lowest BCUT2D eigenvalue weighted by Crippen LogP contribution is -2.30. The average Bonchev–Trinajstić information content (AvgIpc) is 2.27. The highest BCUT2D eigenvalue weighted by Crippen LogP contribution is 2.17. The summed E-state index contributed by atoms with van der Waals surface area (Å²) in [6, 6.07) is 8.24. The summed E-state index contributed by atoms with van der Waals surface area (Å²) < 4.78 is 0. The number of benzene rings is 1. The van der Waals surface area contributed by atoms with Gasteiger partial charge in [0.15, 0.2) is 0 Å². The number of rotatable bonds is 6. The van der Waals surface area contributed by atoms with Crippen LogP contribution in [0.2, 0.25) is 0 Å². The zero-order valence-electron chi connectivity index (χ0n) is 10.2. The van der Waals surface area contributed by atoms with Crippen LogP contribution in [-0.2, 0) is 0 Å². The van der Waals surface area contributed by atoms with Crippen molar-refractivity contribution in [3.63, 3.8) is 0 Å². The fraction of sp³-hybridized carbons (Fsp3) is 0.538. The summed E-state index contributed by atoms with van der Waals surface area (Å²) in [6.45, 7) is 6.54. The number of nitrogens with one attached hydrogen (secondary N) is 1. The number of hydrogen-bond donors (Lipinski definition) is 2. The summed E-state index contributed by atoms with van der Waals surface area (Å²) >= 11 is 1.95. The first kappa shape index (κ1) is 13.4. The van der Waals surface area contributed by atoms with Gasteiger partial charge >= 0.3 is 0 Å². The lowest BCUT2D eigenvalue weighted by atomic mass is 10.1. The van der Waals surface area contributed by atoms with Gasteiger partial charge in [-0.25, -0.2) is 0 Å². The van der Waals surface area contributed by atoms with Gasteiger partial charge in [0.25, 0.3) is 0 Å². The first-order chi connectivity index (χ1) is 7.63. The molecule has 1 aromatic carbocycles. The molecule has 3 heteroatoms. The molecule has 0 amide bonds. The van der Waals surface area contributed by atoms with Crippen LogP contribution in [0, 0.1) is 0 Å². The van der Waals surface area contributed by atoms with E-state index < -0.39 is 0 Å². The predicted octanol–water partition coefficient (Wildman–Crippen LogP) is 3.18. The third-order valence-electron chi connectivity index (χ3n) is 2.50. The molecule has 0 saturated heterocycles. The molecule has 1 aromatic rings. The topological polar surface area (TPSA) is 32.3 Å². The standard InChI is InChI=1S/C13H21NOS/c1-4-16-9-10(2)14-11(3)12-5-7-13(15)8-6-12/h5-8,10-11,14-15H,4,9H2,1-3H3. The van der Waals surface area contributed by atoms with Crippen molar-refractivity contribution in [2.24, 2.45) is 0 Å². The van der Waals surface area contributed by atoms with Crippen molar-refractivity contribution < 1.29 is 5.11 Å². The molecule has 0 aliphatic carbocycles. The summed E-state index contributed by atoms with van der Waals surface area (Å²) in [4.78, 5) is 0.